The second kappa shape index (κ2) is 10.9. The second-order valence-corrected chi connectivity index (χ2v) is 8.53. The molecule has 8 heteroatoms. The van der Waals surface area contributed by atoms with Gasteiger partial charge >= 0.3 is 18.3 Å². The van der Waals surface area contributed by atoms with E-state index in [1.54, 1.807) is 13.0 Å². The highest BCUT2D eigenvalue weighted by Gasteiger charge is 2.34. The number of esters is 2. The molecule has 2 aliphatic rings. The van der Waals surface area contributed by atoms with E-state index < -0.39 is 6.36 Å². The molecule has 0 radical (unpaired) electrons. The molecule has 0 spiro atoms. The SMILES string of the molecule is CC=CC(=O)O[C@H]1CC[C@H]([C@H]2CC[C@H](C(=O)Oc3ccc(OC(F)(F)F)cc3)CC2)CC1. The molecule has 1 aromatic carbocycles. The third-order valence-electron chi connectivity index (χ3n) is 6.35. The number of halogens is 3. The molecule has 3 rings (SSSR count). The average molecular weight is 454 g/mol. The van der Waals surface area contributed by atoms with Gasteiger partial charge in [0.15, 0.2) is 0 Å². The number of allylic oxidation sites excluding steroid dienone is 1. The van der Waals surface area contributed by atoms with Crippen LogP contribution in [0.25, 0.3) is 0 Å². The zero-order valence-electron chi connectivity index (χ0n) is 18.1. The molecule has 1 aromatic rings. The lowest BCUT2D eigenvalue weighted by atomic mass is 9.70. The van der Waals surface area contributed by atoms with Crippen LogP contribution in [0.1, 0.15) is 58.3 Å². The smallest absolute Gasteiger partial charge is 0.459 e. The maximum Gasteiger partial charge on any atom is 0.573 e. The minimum Gasteiger partial charge on any atom is -0.459 e. The second-order valence-electron chi connectivity index (χ2n) is 8.53. The molecule has 2 fully saturated rings. The van der Waals surface area contributed by atoms with Crippen molar-refractivity contribution in [3.8, 4) is 11.5 Å². The largest absolute Gasteiger partial charge is 0.573 e. The highest BCUT2D eigenvalue weighted by molar-refractivity contribution is 5.81. The Kier molecular flexibility index (Phi) is 8.21. The van der Waals surface area contributed by atoms with Crippen LogP contribution >= 0.6 is 0 Å². The van der Waals surface area contributed by atoms with E-state index in [-0.39, 0.29) is 35.5 Å². The lowest BCUT2D eigenvalue weighted by molar-refractivity contribution is -0.274. The van der Waals surface area contributed by atoms with Gasteiger partial charge in [0.05, 0.1) is 5.92 Å². The van der Waals surface area contributed by atoms with E-state index >= 15 is 0 Å². The Labute approximate surface area is 185 Å². The van der Waals surface area contributed by atoms with Crippen LogP contribution in [0.15, 0.2) is 36.4 Å². The predicted molar refractivity (Wildman–Crippen MR) is 111 cm³/mol. The average Bonchev–Trinajstić information content (AvgIpc) is 2.75. The molecule has 0 heterocycles. The van der Waals surface area contributed by atoms with Crippen LogP contribution in [0.4, 0.5) is 13.2 Å². The maximum atomic E-state index is 12.5. The number of carbonyl (C=O) groups excluding carboxylic acids is 2. The lowest BCUT2D eigenvalue weighted by Crippen LogP contribution is -2.31. The third-order valence-corrected chi connectivity index (χ3v) is 6.35. The Morgan fingerprint density at radius 1 is 0.875 bits per heavy atom. The highest BCUT2D eigenvalue weighted by Crippen LogP contribution is 2.41. The number of ether oxygens (including phenoxy) is 3. The Hall–Kier alpha value is -2.51. The van der Waals surface area contributed by atoms with Gasteiger partial charge in [-0.25, -0.2) is 4.79 Å². The van der Waals surface area contributed by atoms with Crippen molar-refractivity contribution in [2.45, 2.75) is 70.8 Å². The van der Waals surface area contributed by atoms with Gasteiger partial charge in [-0.15, -0.1) is 13.2 Å². The molecule has 0 N–H and O–H groups in total. The normalized spacial score (nSPS) is 26.5. The van der Waals surface area contributed by atoms with Crippen LogP contribution in [-0.4, -0.2) is 24.4 Å². The number of rotatable bonds is 6. The Morgan fingerprint density at radius 2 is 1.41 bits per heavy atom. The van der Waals surface area contributed by atoms with Gasteiger partial charge in [0.2, 0.25) is 0 Å². The summed E-state index contributed by atoms with van der Waals surface area (Å²) in [6.07, 6.45) is 5.56. The molecule has 0 unspecified atom stereocenters. The fraction of sp³-hybridized carbons (Fsp3) is 0.583. The van der Waals surface area contributed by atoms with Crippen LogP contribution in [-0.2, 0) is 14.3 Å². The molecule has 2 saturated carbocycles. The molecule has 0 aliphatic heterocycles. The minimum atomic E-state index is -4.76. The summed E-state index contributed by atoms with van der Waals surface area (Å²) in [4.78, 5) is 24.1. The number of hydrogen-bond donors (Lipinski definition) is 0. The summed E-state index contributed by atoms with van der Waals surface area (Å²) in [5.41, 5.74) is 0. The summed E-state index contributed by atoms with van der Waals surface area (Å²) in [5, 5.41) is 0. The van der Waals surface area contributed by atoms with Crippen molar-refractivity contribution in [2.75, 3.05) is 0 Å². The first kappa shape index (κ1) is 24.1. The van der Waals surface area contributed by atoms with Crippen molar-refractivity contribution < 1.29 is 37.0 Å². The van der Waals surface area contributed by atoms with Crippen LogP contribution in [0.5, 0.6) is 11.5 Å². The molecule has 176 valence electrons. The summed E-state index contributed by atoms with van der Waals surface area (Å²) in [5.74, 6) is 0.178. The van der Waals surface area contributed by atoms with Gasteiger partial charge in [0, 0.05) is 6.08 Å². The molecule has 0 amide bonds. The van der Waals surface area contributed by atoms with Crippen LogP contribution in [0.3, 0.4) is 0 Å². The van der Waals surface area contributed by atoms with Gasteiger partial charge in [-0.3, -0.25) is 4.79 Å². The van der Waals surface area contributed by atoms with Crippen molar-refractivity contribution in [3.05, 3.63) is 36.4 Å². The van der Waals surface area contributed by atoms with Crippen molar-refractivity contribution in [1.29, 1.82) is 0 Å². The number of hydrogen-bond acceptors (Lipinski definition) is 5. The number of alkyl halides is 3. The molecular weight excluding hydrogens is 425 g/mol. The van der Waals surface area contributed by atoms with Gasteiger partial charge in [0.25, 0.3) is 0 Å². The van der Waals surface area contributed by atoms with Crippen molar-refractivity contribution in [1.82, 2.24) is 0 Å². The first-order valence-electron chi connectivity index (χ1n) is 11.1. The summed E-state index contributed by atoms with van der Waals surface area (Å²) in [6.45, 7) is 1.79. The van der Waals surface area contributed by atoms with Gasteiger partial charge in [-0.2, -0.15) is 0 Å². The summed E-state index contributed by atoms with van der Waals surface area (Å²) < 4.78 is 51.3. The van der Waals surface area contributed by atoms with Crippen molar-refractivity contribution in [3.63, 3.8) is 0 Å². The van der Waals surface area contributed by atoms with Gasteiger partial charge in [0.1, 0.15) is 17.6 Å². The van der Waals surface area contributed by atoms with Crippen molar-refractivity contribution >= 4 is 11.9 Å². The predicted octanol–water partition coefficient (Wildman–Crippen LogP) is 5.98. The molecule has 0 atom stereocenters. The standard InChI is InChI=1S/C24H29F3O5/c1-2-3-22(28)30-19-10-8-17(9-11-19)16-4-6-18(7-5-16)23(29)31-20-12-14-21(15-13-20)32-24(25,26)27/h2-3,12-19H,4-11H2,1H3/t16-,17-,18-,19-. The summed E-state index contributed by atoms with van der Waals surface area (Å²) in [6, 6.07) is 4.84. The molecule has 5 nitrogen and oxygen atoms in total. The van der Waals surface area contributed by atoms with E-state index in [9.17, 15) is 22.8 Å². The van der Waals surface area contributed by atoms with Crippen LogP contribution < -0.4 is 9.47 Å². The quantitative estimate of drug-likeness (QED) is 0.301. The Bertz CT molecular complexity index is 787. The van der Waals surface area contributed by atoms with Gasteiger partial charge in [-0.05, 0) is 94.4 Å². The first-order valence-corrected chi connectivity index (χ1v) is 11.1. The molecule has 32 heavy (non-hydrogen) atoms. The van der Waals surface area contributed by atoms with E-state index in [2.05, 4.69) is 4.74 Å². The molecule has 2 aliphatic carbocycles. The lowest BCUT2D eigenvalue weighted by Gasteiger charge is -2.37. The first-order chi connectivity index (χ1) is 15.2. The molecule has 0 saturated heterocycles. The molecule has 0 bridgehead atoms. The van der Waals surface area contributed by atoms with Gasteiger partial charge in [-0.1, -0.05) is 6.08 Å². The zero-order chi connectivity index (χ0) is 23.1. The van der Waals surface area contributed by atoms with E-state index in [4.69, 9.17) is 9.47 Å². The number of benzene rings is 1. The van der Waals surface area contributed by atoms with Crippen molar-refractivity contribution in [2.24, 2.45) is 17.8 Å². The van der Waals surface area contributed by atoms with E-state index in [0.717, 1.165) is 63.5 Å². The number of carbonyl (C=O) groups is 2. The zero-order valence-corrected chi connectivity index (χ0v) is 18.1. The topological polar surface area (TPSA) is 61.8 Å². The van der Waals surface area contributed by atoms with Crippen LogP contribution in [0, 0.1) is 17.8 Å². The van der Waals surface area contributed by atoms with E-state index in [1.165, 1.54) is 18.2 Å². The monoisotopic (exact) mass is 454 g/mol. The Balaban J connectivity index is 1.40. The van der Waals surface area contributed by atoms with E-state index in [1.807, 2.05) is 0 Å². The van der Waals surface area contributed by atoms with Gasteiger partial charge < -0.3 is 14.2 Å². The van der Waals surface area contributed by atoms with E-state index in [0.29, 0.717) is 11.8 Å². The minimum absolute atomic E-state index is 0.00538. The third kappa shape index (κ3) is 7.28. The Morgan fingerprint density at radius 3 is 1.94 bits per heavy atom. The maximum absolute atomic E-state index is 12.5. The summed E-state index contributed by atoms with van der Waals surface area (Å²) in [7, 11) is 0. The fourth-order valence-electron chi connectivity index (χ4n) is 4.75. The fourth-order valence-corrected chi connectivity index (χ4v) is 4.75. The molecule has 0 aromatic heterocycles. The molecular formula is C24H29F3O5. The highest BCUT2D eigenvalue weighted by atomic mass is 19.4. The summed E-state index contributed by atoms with van der Waals surface area (Å²) >= 11 is 0. The van der Waals surface area contributed by atoms with Crippen LogP contribution in [0.2, 0.25) is 0 Å².